The predicted octanol–water partition coefficient (Wildman–Crippen LogP) is 0.746. The average Bonchev–Trinajstić information content (AvgIpc) is 3.20. The van der Waals surface area contributed by atoms with E-state index < -0.39 is 0 Å². The second-order valence-electron chi connectivity index (χ2n) is 8.89. The van der Waals surface area contributed by atoms with E-state index in [9.17, 15) is 0 Å². The first-order chi connectivity index (χ1) is 12.9. The van der Waals surface area contributed by atoms with Gasteiger partial charge in [-0.2, -0.15) is 0 Å². The zero-order valence-corrected chi connectivity index (χ0v) is 16.6. The van der Waals surface area contributed by atoms with Crippen LogP contribution in [0.4, 0.5) is 0 Å². The third-order valence-corrected chi connectivity index (χ3v) is 7.37. The van der Waals surface area contributed by atoms with Crippen LogP contribution >= 0.6 is 0 Å². The minimum absolute atomic E-state index is 0.472. The molecule has 0 radical (unpaired) electrons. The maximum absolute atomic E-state index is 4.52. The molecule has 6 heteroatoms. The Bertz CT molecular complexity index is 538. The summed E-state index contributed by atoms with van der Waals surface area (Å²) >= 11 is 0. The van der Waals surface area contributed by atoms with Crippen molar-refractivity contribution >= 4 is 0 Å². The molecule has 26 heavy (non-hydrogen) atoms. The zero-order valence-electron chi connectivity index (χ0n) is 16.6. The molecule has 2 aliphatic carbocycles. The number of nitrogens with zero attached hydrogens (tertiary/aromatic N) is 4. The normalized spacial score (nSPS) is 30.3. The first kappa shape index (κ1) is 18.4. The van der Waals surface area contributed by atoms with E-state index in [4.69, 9.17) is 0 Å². The standard InChI is InChI=1S/C20H36N6/c1-2-19(20-21-22-23-26(20)18-11-7-4-8-12-18)25-15-13-24(14-16-25)17-9-5-3-6-10-17/h17-19H,2-16H2,1H3/p+2/t19-/m1/s1. The highest BCUT2D eigenvalue weighted by molar-refractivity contribution is 4.90. The molecular formula is C20H38N6+2. The number of quaternary nitrogens is 2. The van der Waals surface area contributed by atoms with Crippen molar-refractivity contribution in [2.45, 2.75) is 95.7 Å². The molecule has 0 amide bonds. The van der Waals surface area contributed by atoms with Crippen molar-refractivity contribution in [3.8, 4) is 0 Å². The fraction of sp³-hybridized carbons (Fsp3) is 0.950. The summed E-state index contributed by atoms with van der Waals surface area (Å²) in [5.74, 6) is 1.16. The first-order valence-electron chi connectivity index (χ1n) is 11.3. The third-order valence-electron chi connectivity index (χ3n) is 7.37. The zero-order chi connectivity index (χ0) is 17.8. The van der Waals surface area contributed by atoms with Crippen LogP contribution in [0.2, 0.25) is 0 Å². The summed E-state index contributed by atoms with van der Waals surface area (Å²) in [6.45, 7) is 7.55. The fourth-order valence-corrected chi connectivity index (χ4v) is 5.83. The number of hydrogen-bond donors (Lipinski definition) is 2. The minimum Gasteiger partial charge on any atom is -0.323 e. The molecule has 1 saturated heterocycles. The van der Waals surface area contributed by atoms with Gasteiger partial charge in [-0.25, -0.2) is 4.68 Å². The van der Waals surface area contributed by atoms with E-state index in [1.165, 1.54) is 90.4 Å². The van der Waals surface area contributed by atoms with Crippen molar-refractivity contribution in [1.29, 1.82) is 0 Å². The van der Waals surface area contributed by atoms with Gasteiger partial charge in [0, 0.05) is 6.42 Å². The Morgan fingerprint density at radius 1 is 0.923 bits per heavy atom. The molecule has 1 aromatic heterocycles. The molecule has 1 aliphatic heterocycles. The van der Waals surface area contributed by atoms with Crippen LogP contribution in [0.15, 0.2) is 0 Å². The van der Waals surface area contributed by atoms with Gasteiger partial charge >= 0.3 is 0 Å². The Kier molecular flexibility index (Phi) is 6.20. The van der Waals surface area contributed by atoms with Crippen molar-refractivity contribution in [3.05, 3.63) is 5.82 Å². The molecule has 2 N–H and O–H groups in total. The molecule has 6 nitrogen and oxygen atoms in total. The molecule has 1 atom stereocenters. The van der Waals surface area contributed by atoms with Crippen molar-refractivity contribution in [2.24, 2.45) is 0 Å². The van der Waals surface area contributed by atoms with Gasteiger partial charge in [0.15, 0.2) is 0 Å². The van der Waals surface area contributed by atoms with Crippen LogP contribution in [0.5, 0.6) is 0 Å². The molecular weight excluding hydrogens is 324 g/mol. The van der Waals surface area contributed by atoms with Crippen LogP contribution in [0.3, 0.4) is 0 Å². The molecule has 3 fully saturated rings. The lowest BCUT2D eigenvalue weighted by molar-refractivity contribution is -1.04. The van der Waals surface area contributed by atoms with E-state index >= 15 is 0 Å². The summed E-state index contributed by atoms with van der Waals surface area (Å²) in [4.78, 5) is 3.61. The van der Waals surface area contributed by atoms with Crippen LogP contribution in [-0.2, 0) is 0 Å². The van der Waals surface area contributed by atoms with Gasteiger partial charge in [-0.05, 0) is 49.0 Å². The molecule has 146 valence electrons. The van der Waals surface area contributed by atoms with Crippen molar-refractivity contribution in [1.82, 2.24) is 20.2 Å². The van der Waals surface area contributed by atoms with Gasteiger partial charge in [0.1, 0.15) is 32.2 Å². The van der Waals surface area contributed by atoms with Gasteiger partial charge in [0.05, 0.1) is 12.1 Å². The van der Waals surface area contributed by atoms with E-state index in [1.54, 1.807) is 4.90 Å². The smallest absolute Gasteiger partial charge is 0.209 e. The molecule has 2 heterocycles. The lowest BCUT2D eigenvalue weighted by Crippen LogP contribution is -3.29. The van der Waals surface area contributed by atoms with E-state index in [1.807, 2.05) is 4.90 Å². The maximum atomic E-state index is 4.52. The lowest BCUT2D eigenvalue weighted by atomic mass is 9.93. The van der Waals surface area contributed by atoms with E-state index in [2.05, 4.69) is 27.1 Å². The SMILES string of the molecule is CC[C@H](c1nnnn1C1CCCCC1)[NH+]1CC[NH+](C2CCCCC2)CC1. The van der Waals surface area contributed by atoms with Crippen LogP contribution < -0.4 is 9.80 Å². The van der Waals surface area contributed by atoms with E-state index in [0.717, 1.165) is 18.3 Å². The molecule has 0 aromatic carbocycles. The Morgan fingerprint density at radius 2 is 1.58 bits per heavy atom. The van der Waals surface area contributed by atoms with Gasteiger partial charge in [0.2, 0.25) is 5.82 Å². The largest absolute Gasteiger partial charge is 0.323 e. The van der Waals surface area contributed by atoms with E-state index in [-0.39, 0.29) is 0 Å². The average molecular weight is 363 g/mol. The summed E-state index contributed by atoms with van der Waals surface area (Å²) in [5.41, 5.74) is 0. The molecule has 1 aromatic rings. The molecule has 3 aliphatic rings. The maximum Gasteiger partial charge on any atom is 0.209 e. The number of rotatable bonds is 5. The molecule has 4 rings (SSSR count). The van der Waals surface area contributed by atoms with Crippen molar-refractivity contribution in [2.75, 3.05) is 26.2 Å². The number of aromatic nitrogens is 4. The molecule has 0 spiro atoms. The Labute approximate surface area is 158 Å². The first-order valence-corrected chi connectivity index (χ1v) is 11.3. The van der Waals surface area contributed by atoms with Gasteiger partial charge < -0.3 is 9.80 Å². The minimum atomic E-state index is 0.472. The second kappa shape index (κ2) is 8.79. The summed E-state index contributed by atoms with van der Waals surface area (Å²) in [5, 5.41) is 13.0. The lowest BCUT2D eigenvalue weighted by Gasteiger charge is -2.38. The van der Waals surface area contributed by atoms with Gasteiger partial charge in [0.25, 0.3) is 0 Å². The topological polar surface area (TPSA) is 52.5 Å². The van der Waals surface area contributed by atoms with Gasteiger partial charge in [-0.15, -0.1) is 5.10 Å². The Morgan fingerprint density at radius 3 is 2.23 bits per heavy atom. The summed E-state index contributed by atoms with van der Waals surface area (Å²) < 4.78 is 2.21. The summed E-state index contributed by atoms with van der Waals surface area (Å²) in [6, 6.07) is 1.95. The Balaban J connectivity index is 1.40. The van der Waals surface area contributed by atoms with Crippen LogP contribution in [0.1, 0.15) is 95.5 Å². The highest BCUT2D eigenvalue weighted by Gasteiger charge is 2.36. The number of tetrazole rings is 1. The predicted molar refractivity (Wildman–Crippen MR) is 101 cm³/mol. The quantitative estimate of drug-likeness (QED) is 0.813. The van der Waals surface area contributed by atoms with Gasteiger partial charge in [-0.3, -0.25) is 0 Å². The van der Waals surface area contributed by atoms with Crippen LogP contribution in [-0.4, -0.2) is 52.4 Å². The molecule has 0 unspecified atom stereocenters. The highest BCUT2D eigenvalue weighted by atomic mass is 15.6. The summed E-state index contributed by atoms with van der Waals surface area (Å²) in [7, 11) is 0. The summed E-state index contributed by atoms with van der Waals surface area (Å²) in [6.07, 6.45) is 15.0. The molecule has 2 saturated carbocycles. The van der Waals surface area contributed by atoms with Crippen molar-refractivity contribution < 1.29 is 9.80 Å². The van der Waals surface area contributed by atoms with Gasteiger partial charge in [-0.1, -0.05) is 32.6 Å². The number of piperazine rings is 1. The molecule has 0 bridgehead atoms. The monoisotopic (exact) mass is 362 g/mol. The highest BCUT2D eigenvalue weighted by Crippen LogP contribution is 2.29. The number of nitrogens with one attached hydrogen (secondary N) is 2. The van der Waals surface area contributed by atoms with Crippen LogP contribution in [0.25, 0.3) is 0 Å². The van der Waals surface area contributed by atoms with E-state index in [0.29, 0.717) is 12.1 Å². The second-order valence-corrected chi connectivity index (χ2v) is 8.89. The third kappa shape index (κ3) is 3.96. The number of hydrogen-bond acceptors (Lipinski definition) is 3. The fourth-order valence-electron chi connectivity index (χ4n) is 5.83. The van der Waals surface area contributed by atoms with Crippen molar-refractivity contribution in [3.63, 3.8) is 0 Å². The van der Waals surface area contributed by atoms with Crippen LogP contribution in [0, 0.1) is 0 Å². The Hall–Kier alpha value is -1.01.